The zero-order valence-electron chi connectivity index (χ0n) is 29.8. The second-order valence-electron chi connectivity index (χ2n) is 14.5. The van der Waals surface area contributed by atoms with Crippen LogP contribution in [0.5, 0.6) is 0 Å². The van der Waals surface area contributed by atoms with Crippen LogP contribution in [-0.4, -0.2) is 18.4 Å². The van der Waals surface area contributed by atoms with Gasteiger partial charge >= 0.3 is 6.16 Å². The molecule has 4 atom stereocenters. The van der Waals surface area contributed by atoms with Crippen molar-refractivity contribution < 1.29 is 14.3 Å². The molecule has 4 aromatic heterocycles. The lowest BCUT2D eigenvalue weighted by Crippen LogP contribution is -2.45. The molecule has 0 N–H and O–H groups in total. The monoisotopic (exact) mass is 760 g/mol. The predicted octanol–water partition coefficient (Wildman–Crippen LogP) is 14.3. The minimum absolute atomic E-state index is 0.0480. The highest BCUT2D eigenvalue weighted by atomic mass is 32.1. The van der Waals surface area contributed by atoms with Crippen LogP contribution in [0.25, 0.3) is 40.4 Å². The summed E-state index contributed by atoms with van der Waals surface area (Å²) in [6, 6.07) is 32.2. The predicted molar refractivity (Wildman–Crippen MR) is 221 cm³/mol. The molecule has 1 saturated heterocycles. The molecule has 52 heavy (non-hydrogen) atoms. The fraction of sp³-hybridized carbons (Fsp3) is 0.356. The molecule has 1 fully saturated rings. The Balaban J connectivity index is 0.978. The molecule has 3 aliphatic carbocycles. The molecule has 2 aromatic carbocycles. The lowest BCUT2D eigenvalue weighted by Gasteiger charge is -2.45. The summed E-state index contributed by atoms with van der Waals surface area (Å²) < 4.78 is 11.8. The lowest BCUT2D eigenvalue weighted by atomic mass is 9.60. The van der Waals surface area contributed by atoms with Crippen molar-refractivity contribution >= 4 is 51.5 Å². The van der Waals surface area contributed by atoms with Crippen molar-refractivity contribution in [3.05, 3.63) is 117 Å². The van der Waals surface area contributed by atoms with E-state index in [1.165, 1.54) is 137 Å². The highest BCUT2D eigenvalue weighted by Crippen LogP contribution is 2.58. The van der Waals surface area contributed by atoms with E-state index in [4.69, 9.17) is 9.47 Å². The Labute approximate surface area is 323 Å². The van der Waals surface area contributed by atoms with Crippen LogP contribution in [0, 0.1) is 0 Å². The average molecular weight is 761 g/mol. The van der Waals surface area contributed by atoms with Crippen molar-refractivity contribution in [3.63, 3.8) is 0 Å². The number of aryl methyl sites for hydroxylation is 2. The van der Waals surface area contributed by atoms with Crippen molar-refractivity contribution in [1.82, 2.24) is 0 Å². The van der Waals surface area contributed by atoms with Gasteiger partial charge in [-0.05, 0) is 120 Å². The molecule has 266 valence electrons. The van der Waals surface area contributed by atoms with Crippen LogP contribution >= 0.6 is 45.3 Å². The number of thiophene rings is 4. The number of unbranched alkanes of at least 4 members (excludes halogenated alkanes) is 6. The Bertz CT molecular complexity index is 2060. The summed E-state index contributed by atoms with van der Waals surface area (Å²) in [7, 11) is 0. The zero-order valence-corrected chi connectivity index (χ0v) is 33.1. The Morgan fingerprint density at radius 3 is 1.35 bits per heavy atom. The summed E-state index contributed by atoms with van der Waals surface area (Å²) in [5.74, 6) is -0.0959. The summed E-state index contributed by atoms with van der Waals surface area (Å²) in [6.07, 6.45) is 11.6. The molecule has 6 aromatic rings. The van der Waals surface area contributed by atoms with Gasteiger partial charge in [0.15, 0.2) is 12.2 Å². The van der Waals surface area contributed by atoms with E-state index in [1.54, 1.807) is 0 Å². The van der Waals surface area contributed by atoms with E-state index in [0.717, 1.165) is 0 Å². The maximum Gasteiger partial charge on any atom is 0.509 e. The molecular formula is C45H44O3S4. The largest absolute Gasteiger partial charge is 0.509 e. The maximum absolute atomic E-state index is 12.6. The van der Waals surface area contributed by atoms with Gasteiger partial charge in [0.1, 0.15) is 0 Å². The van der Waals surface area contributed by atoms with E-state index in [1.807, 2.05) is 45.3 Å². The van der Waals surface area contributed by atoms with E-state index in [2.05, 4.69) is 98.8 Å². The van der Waals surface area contributed by atoms with Crippen LogP contribution in [-0.2, 0) is 22.3 Å². The van der Waals surface area contributed by atoms with Gasteiger partial charge in [0, 0.05) is 39.0 Å². The Kier molecular flexibility index (Phi) is 9.72. The van der Waals surface area contributed by atoms with Gasteiger partial charge in [-0.3, -0.25) is 0 Å². The number of ether oxygens (including phenoxy) is 2. The van der Waals surface area contributed by atoms with Gasteiger partial charge in [0.2, 0.25) is 0 Å². The third-order valence-electron chi connectivity index (χ3n) is 11.1. The first kappa shape index (κ1) is 34.3. The Morgan fingerprint density at radius 2 is 0.885 bits per heavy atom. The topological polar surface area (TPSA) is 35.5 Å². The standard InChI is InChI=1S/C45H44O3S4/c1-3-5-7-9-11-29-15-19-37(49-29)39-23-21-35(51-39)27-13-17-31-33(25-27)41-32-18-14-28(26-34(32)42(31)44-43(41)47-45(46)48-44)36-22-24-40(52-36)38-20-16-30(50-38)12-10-8-6-4-2/h13-26,41-44H,3-12H2,1-2H3. The SMILES string of the molecule is CCCCCCc1ccc(-c2ccc(-c3ccc4c(c3)C3c5ccc(-c6ccc(-c7ccc(CCCCCC)s7)s6)cc5C4C4OC(=O)OC34)s2)s1. The van der Waals surface area contributed by atoms with Crippen molar-refractivity contribution in [3.8, 4) is 40.4 Å². The van der Waals surface area contributed by atoms with Crippen molar-refractivity contribution in [2.75, 3.05) is 0 Å². The van der Waals surface area contributed by atoms with Crippen LogP contribution in [0.2, 0.25) is 0 Å². The molecule has 1 aliphatic heterocycles. The number of benzene rings is 2. The van der Waals surface area contributed by atoms with Gasteiger partial charge in [-0.25, -0.2) is 4.79 Å². The summed E-state index contributed by atoms with van der Waals surface area (Å²) in [5.41, 5.74) is 7.51. The number of hydrogen-bond donors (Lipinski definition) is 0. The minimum Gasteiger partial charge on any atom is -0.426 e. The number of carbonyl (C=O) groups is 1. The molecule has 0 amide bonds. The number of hydrogen-bond acceptors (Lipinski definition) is 7. The molecule has 2 bridgehead atoms. The lowest BCUT2D eigenvalue weighted by molar-refractivity contribution is 0.103. The van der Waals surface area contributed by atoms with E-state index < -0.39 is 6.16 Å². The van der Waals surface area contributed by atoms with Gasteiger partial charge in [-0.2, -0.15) is 0 Å². The fourth-order valence-electron chi connectivity index (χ4n) is 8.50. The molecule has 3 nitrogen and oxygen atoms in total. The molecule has 0 saturated carbocycles. The van der Waals surface area contributed by atoms with Crippen LogP contribution < -0.4 is 0 Å². The molecule has 7 heteroatoms. The van der Waals surface area contributed by atoms with Gasteiger partial charge in [-0.15, -0.1) is 45.3 Å². The third-order valence-corrected chi connectivity index (χ3v) is 16.1. The average Bonchev–Trinajstić information content (AvgIpc) is 4.01. The van der Waals surface area contributed by atoms with Crippen LogP contribution in [0.4, 0.5) is 4.79 Å². The summed E-state index contributed by atoms with van der Waals surface area (Å²) in [6.45, 7) is 4.54. The minimum atomic E-state index is -0.543. The van der Waals surface area contributed by atoms with Crippen molar-refractivity contribution in [2.24, 2.45) is 0 Å². The summed E-state index contributed by atoms with van der Waals surface area (Å²) in [5, 5.41) is 0. The zero-order chi connectivity index (χ0) is 35.2. The molecule has 5 heterocycles. The quantitative estimate of drug-likeness (QED) is 0.0819. The van der Waals surface area contributed by atoms with Gasteiger partial charge in [0.25, 0.3) is 0 Å². The molecule has 4 aliphatic rings. The summed E-state index contributed by atoms with van der Waals surface area (Å²) in [4.78, 5) is 23.5. The molecule has 0 spiro atoms. The second-order valence-corrected chi connectivity index (χ2v) is 19.0. The van der Waals surface area contributed by atoms with E-state index >= 15 is 0 Å². The van der Waals surface area contributed by atoms with Crippen LogP contribution in [0.15, 0.2) is 84.9 Å². The maximum atomic E-state index is 12.6. The van der Waals surface area contributed by atoms with E-state index in [-0.39, 0.29) is 24.0 Å². The Hall–Kier alpha value is -3.49. The fourth-order valence-corrected chi connectivity index (χ4v) is 12.8. The van der Waals surface area contributed by atoms with Crippen molar-refractivity contribution in [1.29, 1.82) is 0 Å². The highest BCUT2D eigenvalue weighted by Gasteiger charge is 2.57. The number of carbonyl (C=O) groups excluding carboxylic acids is 1. The van der Waals surface area contributed by atoms with Crippen LogP contribution in [0.1, 0.15) is 109 Å². The van der Waals surface area contributed by atoms with Crippen molar-refractivity contribution in [2.45, 2.75) is 102 Å². The smallest absolute Gasteiger partial charge is 0.426 e. The Morgan fingerprint density at radius 1 is 0.462 bits per heavy atom. The normalized spacial score (nSPS) is 19.7. The first-order valence-electron chi connectivity index (χ1n) is 19.1. The third kappa shape index (κ3) is 6.42. The van der Waals surface area contributed by atoms with E-state index in [9.17, 15) is 4.79 Å². The van der Waals surface area contributed by atoms with Crippen LogP contribution in [0.3, 0.4) is 0 Å². The highest BCUT2D eigenvalue weighted by molar-refractivity contribution is 7.24. The molecule has 0 radical (unpaired) electrons. The first-order chi connectivity index (χ1) is 25.6. The first-order valence-corrected chi connectivity index (χ1v) is 22.4. The number of rotatable bonds is 14. The van der Waals surface area contributed by atoms with Gasteiger partial charge in [0.05, 0.1) is 11.8 Å². The van der Waals surface area contributed by atoms with E-state index in [0.29, 0.717) is 0 Å². The molecule has 10 rings (SSSR count). The summed E-state index contributed by atoms with van der Waals surface area (Å²) >= 11 is 7.62. The van der Waals surface area contributed by atoms with Gasteiger partial charge in [-0.1, -0.05) is 76.6 Å². The molecular weight excluding hydrogens is 717 g/mol. The van der Waals surface area contributed by atoms with Gasteiger partial charge < -0.3 is 9.47 Å². The second kappa shape index (κ2) is 14.7. The molecule has 4 unspecified atom stereocenters.